The molecule has 7 nitrogen and oxygen atoms in total. The van der Waals surface area contributed by atoms with Crippen LogP contribution in [0.15, 0.2) is 40.9 Å². The van der Waals surface area contributed by atoms with Crippen molar-refractivity contribution in [3.8, 4) is 22.6 Å². The van der Waals surface area contributed by atoms with Crippen LogP contribution in [0.25, 0.3) is 22.0 Å². The highest BCUT2D eigenvalue weighted by molar-refractivity contribution is 5.92. The van der Waals surface area contributed by atoms with E-state index in [1.807, 2.05) is 39.0 Å². The van der Waals surface area contributed by atoms with Crippen molar-refractivity contribution in [2.24, 2.45) is 0 Å². The fourth-order valence-corrected chi connectivity index (χ4v) is 3.83. The lowest BCUT2D eigenvalue weighted by molar-refractivity contribution is 0.356. The zero-order valence-electron chi connectivity index (χ0n) is 18.6. The Kier molecular flexibility index (Phi) is 5.50. The number of hydrogen-bond donors (Lipinski definition) is 1. The van der Waals surface area contributed by atoms with Gasteiger partial charge >= 0.3 is 0 Å². The van der Waals surface area contributed by atoms with Gasteiger partial charge in [-0.1, -0.05) is 23.4 Å². The smallest absolute Gasteiger partial charge is 0.162 e. The lowest BCUT2D eigenvalue weighted by atomic mass is 9.99. The highest BCUT2D eigenvalue weighted by Gasteiger charge is 2.16. The Balaban J connectivity index is 1.72. The molecular weight excluding hydrogens is 392 g/mol. The van der Waals surface area contributed by atoms with Gasteiger partial charge in [-0.05, 0) is 51.0 Å². The van der Waals surface area contributed by atoms with Gasteiger partial charge in [0.05, 0.1) is 25.4 Å². The van der Waals surface area contributed by atoms with Crippen molar-refractivity contribution < 1.29 is 14.0 Å². The molecule has 160 valence electrons. The second-order valence-electron chi connectivity index (χ2n) is 7.53. The number of aryl methyl sites for hydroxylation is 3. The van der Waals surface area contributed by atoms with Crippen LogP contribution in [-0.4, -0.2) is 29.3 Å². The van der Waals surface area contributed by atoms with Crippen LogP contribution >= 0.6 is 0 Å². The average molecular weight is 418 g/mol. The summed E-state index contributed by atoms with van der Waals surface area (Å²) in [5, 5.41) is 8.50. The molecule has 0 aliphatic heterocycles. The Morgan fingerprint density at radius 1 is 0.968 bits per heavy atom. The molecule has 1 atom stereocenters. The molecular formula is C24H26N4O3. The van der Waals surface area contributed by atoms with Crippen LogP contribution in [0.3, 0.4) is 0 Å². The molecule has 0 aliphatic rings. The first-order valence-corrected chi connectivity index (χ1v) is 10.1. The van der Waals surface area contributed by atoms with Gasteiger partial charge in [0.15, 0.2) is 11.5 Å². The zero-order valence-corrected chi connectivity index (χ0v) is 18.6. The topological polar surface area (TPSA) is 82.3 Å². The van der Waals surface area contributed by atoms with E-state index in [9.17, 15) is 0 Å². The first-order valence-electron chi connectivity index (χ1n) is 10.1. The van der Waals surface area contributed by atoms with Crippen molar-refractivity contribution in [3.05, 3.63) is 59.2 Å². The summed E-state index contributed by atoms with van der Waals surface area (Å²) >= 11 is 0. The van der Waals surface area contributed by atoms with Crippen LogP contribution in [0.4, 0.5) is 5.82 Å². The number of fused-ring (bicyclic) bond motifs is 1. The summed E-state index contributed by atoms with van der Waals surface area (Å²) in [7, 11) is 3.24. The van der Waals surface area contributed by atoms with Gasteiger partial charge in [-0.25, -0.2) is 9.97 Å². The SMILES string of the molecule is COc1cc2nc(C)nc(N[C@H](C)c3cccc(-c4c(C)noc4C)c3)c2cc1OC. The summed E-state index contributed by atoms with van der Waals surface area (Å²) in [5.41, 5.74) is 4.92. The van der Waals surface area contributed by atoms with Crippen molar-refractivity contribution in [2.75, 3.05) is 19.5 Å². The standard InChI is InChI=1S/C24H26N4O3/c1-13(17-8-7-9-18(10-17)23-14(2)28-31-15(23)3)25-24-19-11-21(29-5)22(30-6)12-20(19)26-16(4)27-24/h7-13H,1-6H3,(H,25,26,27)/t13-/m1/s1. The van der Waals surface area contributed by atoms with Crippen molar-refractivity contribution in [1.29, 1.82) is 0 Å². The van der Waals surface area contributed by atoms with Crippen LogP contribution in [0.2, 0.25) is 0 Å². The molecule has 0 fully saturated rings. The third-order valence-electron chi connectivity index (χ3n) is 5.37. The number of nitrogens with zero attached hydrogens (tertiary/aromatic N) is 3. The monoisotopic (exact) mass is 418 g/mol. The second kappa shape index (κ2) is 8.26. The summed E-state index contributed by atoms with van der Waals surface area (Å²) in [6.07, 6.45) is 0. The lowest BCUT2D eigenvalue weighted by Crippen LogP contribution is -2.10. The molecule has 0 radical (unpaired) electrons. The van der Waals surface area contributed by atoms with Gasteiger partial charge in [0, 0.05) is 23.1 Å². The Morgan fingerprint density at radius 2 is 1.71 bits per heavy atom. The van der Waals surface area contributed by atoms with E-state index in [1.165, 1.54) is 0 Å². The zero-order chi connectivity index (χ0) is 22.1. The molecule has 0 saturated heterocycles. The van der Waals surface area contributed by atoms with E-state index in [4.69, 9.17) is 14.0 Å². The van der Waals surface area contributed by atoms with E-state index in [2.05, 4.69) is 45.6 Å². The van der Waals surface area contributed by atoms with E-state index in [0.717, 1.165) is 44.9 Å². The first-order chi connectivity index (χ1) is 14.9. The molecule has 2 heterocycles. The summed E-state index contributed by atoms with van der Waals surface area (Å²) in [6, 6.07) is 12.2. The normalized spacial score (nSPS) is 12.1. The lowest BCUT2D eigenvalue weighted by Gasteiger charge is -2.18. The molecule has 4 rings (SSSR count). The molecule has 0 spiro atoms. The van der Waals surface area contributed by atoms with Crippen molar-refractivity contribution in [1.82, 2.24) is 15.1 Å². The van der Waals surface area contributed by atoms with Gasteiger partial charge in [-0.15, -0.1) is 0 Å². The van der Waals surface area contributed by atoms with Crippen LogP contribution in [-0.2, 0) is 0 Å². The highest BCUT2D eigenvalue weighted by atomic mass is 16.5. The Bertz CT molecular complexity index is 1230. The van der Waals surface area contributed by atoms with E-state index >= 15 is 0 Å². The number of rotatable bonds is 6. The molecule has 0 unspecified atom stereocenters. The molecule has 2 aromatic heterocycles. The number of hydrogen-bond acceptors (Lipinski definition) is 7. The molecule has 0 saturated carbocycles. The summed E-state index contributed by atoms with van der Waals surface area (Å²) < 4.78 is 16.2. The summed E-state index contributed by atoms with van der Waals surface area (Å²) in [5.74, 6) is 3.52. The average Bonchev–Trinajstić information content (AvgIpc) is 3.10. The maximum absolute atomic E-state index is 5.48. The van der Waals surface area contributed by atoms with Crippen molar-refractivity contribution >= 4 is 16.7 Å². The molecule has 1 N–H and O–H groups in total. The maximum atomic E-state index is 5.48. The largest absolute Gasteiger partial charge is 0.493 e. The molecule has 0 bridgehead atoms. The van der Waals surface area contributed by atoms with E-state index in [-0.39, 0.29) is 6.04 Å². The summed E-state index contributed by atoms with van der Waals surface area (Å²) in [6.45, 7) is 7.87. The van der Waals surface area contributed by atoms with Gasteiger partial charge in [-0.2, -0.15) is 0 Å². The van der Waals surface area contributed by atoms with Crippen LogP contribution < -0.4 is 14.8 Å². The van der Waals surface area contributed by atoms with Crippen LogP contribution in [0.5, 0.6) is 11.5 Å². The molecule has 7 heteroatoms. The van der Waals surface area contributed by atoms with Gasteiger partial charge in [-0.3, -0.25) is 0 Å². The quantitative estimate of drug-likeness (QED) is 0.449. The number of methoxy groups -OCH3 is 2. The minimum absolute atomic E-state index is 0.00557. The molecule has 0 amide bonds. The predicted octanol–water partition coefficient (Wildman–Crippen LogP) is 5.40. The molecule has 2 aromatic carbocycles. The second-order valence-corrected chi connectivity index (χ2v) is 7.53. The van der Waals surface area contributed by atoms with Crippen molar-refractivity contribution in [3.63, 3.8) is 0 Å². The Hall–Kier alpha value is -3.61. The third-order valence-corrected chi connectivity index (χ3v) is 5.37. The molecule has 31 heavy (non-hydrogen) atoms. The van der Waals surface area contributed by atoms with Gasteiger partial charge in [0.1, 0.15) is 17.4 Å². The summed E-state index contributed by atoms with van der Waals surface area (Å²) in [4.78, 5) is 9.22. The Morgan fingerprint density at radius 3 is 2.39 bits per heavy atom. The van der Waals surface area contributed by atoms with Crippen LogP contribution in [0, 0.1) is 20.8 Å². The Labute approximate surface area is 181 Å². The van der Waals surface area contributed by atoms with E-state index in [1.54, 1.807) is 14.2 Å². The van der Waals surface area contributed by atoms with Crippen LogP contribution in [0.1, 0.15) is 35.8 Å². The fraction of sp³-hybridized carbons (Fsp3) is 0.292. The predicted molar refractivity (Wildman–Crippen MR) is 121 cm³/mol. The maximum Gasteiger partial charge on any atom is 0.162 e. The molecule has 0 aliphatic carbocycles. The van der Waals surface area contributed by atoms with E-state index < -0.39 is 0 Å². The number of nitrogens with one attached hydrogen (secondary N) is 1. The number of aromatic nitrogens is 3. The number of anilines is 1. The fourth-order valence-electron chi connectivity index (χ4n) is 3.83. The number of ether oxygens (including phenoxy) is 2. The minimum Gasteiger partial charge on any atom is -0.493 e. The molecule has 4 aromatic rings. The van der Waals surface area contributed by atoms with E-state index in [0.29, 0.717) is 17.3 Å². The first kappa shape index (κ1) is 20.7. The highest BCUT2D eigenvalue weighted by Crippen LogP contribution is 2.35. The van der Waals surface area contributed by atoms with Gasteiger partial charge in [0.2, 0.25) is 0 Å². The van der Waals surface area contributed by atoms with Gasteiger partial charge in [0.25, 0.3) is 0 Å². The number of benzene rings is 2. The van der Waals surface area contributed by atoms with Crippen molar-refractivity contribution in [2.45, 2.75) is 33.7 Å². The minimum atomic E-state index is 0.00557. The van der Waals surface area contributed by atoms with Gasteiger partial charge < -0.3 is 19.3 Å². The third kappa shape index (κ3) is 3.91.